The second-order valence-electron chi connectivity index (χ2n) is 10.4. The van der Waals surface area contributed by atoms with E-state index in [1.807, 2.05) is 25.3 Å². The molecule has 3 rings (SSSR count). The van der Waals surface area contributed by atoms with Crippen molar-refractivity contribution in [2.24, 2.45) is 0 Å². The van der Waals surface area contributed by atoms with E-state index in [2.05, 4.69) is 29.6 Å². The number of nitrogens with zero attached hydrogens (tertiary/aromatic N) is 5. The van der Waals surface area contributed by atoms with Crippen molar-refractivity contribution in [1.82, 2.24) is 24.4 Å². The van der Waals surface area contributed by atoms with Gasteiger partial charge in [-0.1, -0.05) is 19.6 Å². The van der Waals surface area contributed by atoms with E-state index in [1.165, 1.54) is 0 Å². The van der Waals surface area contributed by atoms with Crippen molar-refractivity contribution in [3.8, 4) is 11.3 Å². The van der Waals surface area contributed by atoms with Crippen LogP contribution in [0.5, 0.6) is 0 Å². The molecule has 0 aromatic carbocycles. The minimum atomic E-state index is -1.21. The number of carbonyl (C=O) groups is 1. The minimum Gasteiger partial charge on any atom is -0.444 e. The van der Waals surface area contributed by atoms with Gasteiger partial charge in [0.15, 0.2) is 0 Å². The summed E-state index contributed by atoms with van der Waals surface area (Å²) in [5, 5.41) is 0.193. The Labute approximate surface area is 196 Å². The van der Waals surface area contributed by atoms with Crippen molar-refractivity contribution in [3.05, 3.63) is 29.7 Å². The maximum atomic E-state index is 12.8. The third kappa shape index (κ3) is 6.52. The number of hydrogen-bond donors (Lipinski definition) is 0. The fourth-order valence-electron chi connectivity index (χ4n) is 3.58. The van der Waals surface area contributed by atoms with E-state index in [9.17, 15) is 4.79 Å². The lowest BCUT2D eigenvalue weighted by Gasteiger charge is -2.29. The Balaban J connectivity index is 1.88. The lowest BCUT2D eigenvalue weighted by molar-refractivity contribution is 0.0204. The van der Waals surface area contributed by atoms with E-state index < -0.39 is 13.7 Å². The Morgan fingerprint density at radius 2 is 1.88 bits per heavy atom. The number of halogens is 1. The fraction of sp³-hybridized carbons (Fsp3) is 0.636. The van der Waals surface area contributed by atoms with Gasteiger partial charge in [-0.3, -0.25) is 4.90 Å². The normalized spacial score (nSPS) is 17.1. The first-order valence-electron chi connectivity index (χ1n) is 11.1. The van der Waals surface area contributed by atoms with Crippen LogP contribution in [-0.4, -0.2) is 57.3 Å². The molecule has 0 unspecified atom stereocenters. The van der Waals surface area contributed by atoms with Crippen molar-refractivity contribution < 1.29 is 14.3 Å². The number of hydrogen-bond acceptors (Lipinski definition) is 6. The van der Waals surface area contributed by atoms with E-state index in [1.54, 1.807) is 23.5 Å². The van der Waals surface area contributed by atoms with Crippen LogP contribution in [0.3, 0.4) is 0 Å². The Kier molecular flexibility index (Phi) is 7.62. The van der Waals surface area contributed by atoms with Crippen LogP contribution in [0.4, 0.5) is 4.79 Å². The van der Waals surface area contributed by atoms with Gasteiger partial charge in [-0.15, -0.1) is 0 Å². The summed E-state index contributed by atoms with van der Waals surface area (Å²) in [4.78, 5) is 27.5. The summed E-state index contributed by atoms with van der Waals surface area (Å²) < 4.78 is 13.7. The number of imidazole rings is 1. The second-order valence-corrected chi connectivity index (χ2v) is 16.3. The van der Waals surface area contributed by atoms with Crippen LogP contribution in [0, 0.1) is 0 Å². The van der Waals surface area contributed by atoms with Gasteiger partial charge in [0, 0.05) is 39.2 Å². The van der Waals surface area contributed by atoms with Crippen LogP contribution in [0.2, 0.25) is 31.0 Å². The topological polar surface area (TPSA) is 82.4 Å². The molecule has 1 aliphatic heterocycles. The van der Waals surface area contributed by atoms with Crippen molar-refractivity contribution >= 4 is 25.8 Å². The molecule has 0 radical (unpaired) electrons. The van der Waals surface area contributed by atoms with Gasteiger partial charge < -0.3 is 14.0 Å². The van der Waals surface area contributed by atoms with E-state index >= 15 is 0 Å². The zero-order chi connectivity index (χ0) is 23.5. The highest BCUT2D eigenvalue weighted by molar-refractivity contribution is 6.76. The highest BCUT2D eigenvalue weighted by Gasteiger charge is 2.36. The van der Waals surface area contributed by atoms with Gasteiger partial charge in [0.05, 0.1) is 17.9 Å². The minimum absolute atomic E-state index is 0.174. The van der Waals surface area contributed by atoms with E-state index in [0.29, 0.717) is 19.9 Å². The molecule has 1 atom stereocenters. The molecule has 0 saturated carbocycles. The average molecular weight is 480 g/mol. The standard InChI is InChI=1S/C22H34ClN5O3Si/c1-22(2,3)31-21(29)27-9-7-8-17(27)19-24-14-18(16-12-25-20(23)26-13-16)28(19)15-30-10-11-32(4,5)6/h12-14,17H,7-11,15H2,1-6H3/t17-/m0/s1. The maximum absolute atomic E-state index is 12.8. The molecule has 1 amide bonds. The molecule has 176 valence electrons. The Bertz CT molecular complexity index is 921. The van der Waals surface area contributed by atoms with Gasteiger partial charge in [-0.05, 0) is 51.3 Å². The smallest absolute Gasteiger partial charge is 0.410 e. The maximum Gasteiger partial charge on any atom is 0.410 e. The predicted octanol–water partition coefficient (Wildman–Crippen LogP) is 5.38. The molecule has 1 saturated heterocycles. The van der Waals surface area contributed by atoms with Crippen LogP contribution in [0.15, 0.2) is 18.6 Å². The second kappa shape index (κ2) is 9.89. The molecule has 2 aromatic heterocycles. The summed E-state index contributed by atoms with van der Waals surface area (Å²) >= 11 is 5.88. The Hall–Kier alpha value is -1.97. The van der Waals surface area contributed by atoms with E-state index in [0.717, 1.165) is 36.0 Å². The Morgan fingerprint density at radius 1 is 1.19 bits per heavy atom. The number of ether oxygens (including phenoxy) is 2. The Morgan fingerprint density at radius 3 is 2.50 bits per heavy atom. The summed E-state index contributed by atoms with van der Waals surface area (Å²) in [5.74, 6) is 0.784. The van der Waals surface area contributed by atoms with Crippen molar-refractivity contribution in [2.75, 3.05) is 13.2 Å². The number of aromatic nitrogens is 4. The molecular weight excluding hydrogens is 446 g/mol. The molecule has 8 nitrogen and oxygen atoms in total. The summed E-state index contributed by atoms with van der Waals surface area (Å²) in [5.41, 5.74) is 1.08. The monoisotopic (exact) mass is 479 g/mol. The van der Waals surface area contributed by atoms with Crippen molar-refractivity contribution in [2.45, 2.75) is 77.7 Å². The highest BCUT2D eigenvalue weighted by atomic mass is 35.5. The summed E-state index contributed by atoms with van der Waals surface area (Å²) in [6.45, 7) is 14.3. The molecule has 0 N–H and O–H groups in total. The van der Waals surface area contributed by atoms with Gasteiger partial charge in [0.2, 0.25) is 5.28 Å². The van der Waals surface area contributed by atoms with Gasteiger partial charge in [-0.25, -0.2) is 19.7 Å². The van der Waals surface area contributed by atoms with Gasteiger partial charge in [-0.2, -0.15) is 0 Å². The summed E-state index contributed by atoms with van der Waals surface area (Å²) in [6.07, 6.45) is 6.54. The number of amides is 1. The largest absolute Gasteiger partial charge is 0.444 e. The van der Waals surface area contributed by atoms with Crippen LogP contribution in [0.25, 0.3) is 11.3 Å². The molecule has 2 aromatic rings. The van der Waals surface area contributed by atoms with E-state index in [4.69, 9.17) is 26.1 Å². The molecule has 1 aliphatic rings. The lowest BCUT2D eigenvalue weighted by atomic mass is 10.2. The molecule has 10 heteroatoms. The molecular formula is C22H34ClN5O3Si. The molecule has 0 aliphatic carbocycles. The van der Waals surface area contributed by atoms with Crippen LogP contribution >= 0.6 is 11.6 Å². The fourth-order valence-corrected chi connectivity index (χ4v) is 4.43. The first-order valence-corrected chi connectivity index (χ1v) is 15.1. The van der Waals surface area contributed by atoms with Crippen LogP contribution < -0.4 is 0 Å². The lowest BCUT2D eigenvalue weighted by Crippen LogP contribution is -2.37. The third-order valence-corrected chi connectivity index (χ3v) is 7.10. The van der Waals surface area contributed by atoms with Crippen LogP contribution in [0.1, 0.15) is 45.5 Å². The average Bonchev–Trinajstić information content (AvgIpc) is 3.30. The molecule has 0 spiro atoms. The summed E-state index contributed by atoms with van der Waals surface area (Å²) in [6, 6.07) is 0.900. The summed E-state index contributed by atoms with van der Waals surface area (Å²) in [7, 11) is -1.21. The first-order chi connectivity index (χ1) is 14.9. The predicted molar refractivity (Wildman–Crippen MR) is 127 cm³/mol. The zero-order valence-corrected chi connectivity index (χ0v) is 21.6. The molecule has 0 bridgehead atoms. The number of likely N-dealkylation sites (tertiary alicyclic amines) is 1. The first kappa shape index (κ1) is 24.7. The zero-order valence-electron chi connectivity index (χ0n) is 19.9. The molecule has 1 fully saturated rings. The third-order valence-electron chi connectivity index (χ3n) is 5.20. The number of carbonyl (C=O) groups excluding carboxylic acids is 1. The molecule has 3 heterocycles. The number of rotatable bonds is 7. The van der Waals surface area contributed by atoms with Gasteiger partial charge >= 0.3 is 6.09 Å². The van der Waals surface area contributed by atoms with E-state index in [-0.39, 0.29) is 17.4 Å². The highest BCUT2D eigenvalue weighted by Crippen LogP contribution is 2.35. The van der Waals surface area contributed by atoms with Crippen molar-refractivity contribution in [1.29, 1.82) is 0 Å². The SMILES string of the molecule is CC(C)(C)OC(=O)N1CCC[C@H]1c1ncc(-c2cnc(Cl)nc2)n1COCC[Si](C)(C)C. The quantitative estimate of drug-likeness (QED) is 0.301. The van der Waals surface area contributed by atoms with Gasteiger partial charge in [0.1, 0.15) is 18.2 Å². The van der Waals surface area contributed by atoms with Crippen molar-refractivity contribution in [3.63, 3.8) is 0 Å². The van der Waals surface area contributed by atoms with Crippen LogP contribution in [-0.2, 0) is 16.2 Å². The van der Waals surface area contributed by atoms with Gasteiger partial charge in [0.25, 0.3) is 0 Å². The molecule has 32 heavy (non-hydrogen) atoms.